The molecule has 0 atom stereocenters. The molecule has 1 N–H and O–H groups in total. The molecule has 0 saturated heterocycles. The van der Waals surface area contributed by atoms with Crippen molar-refractivity contribution < 1.29 is 9.63 Å². The molecule has 0 fully saturated rings. The van der Waals surface area contributed by atoms with Gasteiger partial charge in [-0.25, -0.2) is 5.48 Å². The SMILES string of the molecule is CCCC/C(=C/Cc1ccccc1C(=O)NOC)c1ccccc1. The van der Waals surface area contributed by atoms with Gasteiger partial charge in [0.25, 0.3) is 5.91 Å². The number of nitrogens with one attached hydrogen (secondary N) is 1. The molecular formula is C21H25NO2. The molecule has 3 heteroatoms. The largest absolute Gasteiger partial charge is 0.277 e. The molecule has 0 radical (unpaired) electrons. The molecule has 126 valence electrons. The smallest absolute Gasteiger partial charge is 0.275 e. The summed E-state index contributed by atoms with van der Waals surface area (Å²) >= 11 is 0. The summed E-state index contributed by atoms with van der Waals surface area (Å²) in [4.78, 5) is 16.8. The summed E-state index contributed by atoms with van der Waals surface area (Å²) in [5, 5.41) is 0. The number of unbranched alkanes of at least 4 members (excludes halogenated alkanes) is 1. The third kappa shape index (κ3) is 5.07. The third-order valence-corrected chi connectivity index (χ3v) is 3.97. The third-order valence-electron chi connectivity index (χ3n) is 3.97. The van der Waals surface area contributed by atoms with E-state index in [0.717, 1.165) is 31.2 Å². The minimum Gasteiger partial charge on any atom is -0.277 e. The van der Waals surface area contributed by atoms with E-state index in [1.165, 1.54) is 18.2 Å². The van der Waals surface area contributed by atoms with Crippen LogP contribution in [0.15, 0.2) is 60.7 Å². The van der Waals surface area contributed by atoms with Crippen molar-refractivity contribution >= 4 is 11.5 Å². The molecule has 0 heterocycles. The van der Waals surface area contributed by atoms with Gasteiger partial charge in [-0.1, -0.05) is 68.0 Å². The van der Waals surface area contributed by atoms with E-state index < -0.39 is 0 Å². The Bertz CT molecular complexity index is 677. The number of amides is 1. The number of carbonyl (C=O) groups is 1. The van der Waals surface area contributed by atoms with Gasteiger partial charge in [-0.05, 0) is 42.0 Å². The lowest BCUT2D eigenvalue weighted by atomic mass is 9.96. The van der Waals surface area contributed by atoms with E-state index in [9.17, 15) is 4.79 Å². The van der Waals surface area contributed by atoms with Crippen LogP contribution in [0, 0.1) is 0 Å². The first-order valence-electron chi connectivity index (χ1n) is 8.42. The molecular weight excluding hydrogens is 298 g/mol. The second-order valence-electron chi connectivity index (χ2n) is 5.70. The van der Waals surface area contributed by atoms with Crippen molar-refractivity contribution in [2.75, 3.05) is 7.11 Å². The molecule has 0 saturated carbocycles. The minimum atomic E-state index is -0.212. The van der Waals surface area contributed by atoms with Crippen molar-refractivity contribution in [3.63, 3.8) is 0 Å². The standard InChI is InChI=1S/C21H25NO2/c1-3-4-10-18(17-11-6-5-7-12-17)15-16-19-13-8-9-14-20(19)21(23)22-24-2/h5-9,11-15H,3-4,10,16H2,1-2H3,(H,22,23)/b18-15-. The van der Waals surface area contributed by atoms with Gasteiger partial charge in [0.15, 0.2) is 0 Å². The van der Waals surface area contributed by atoms with Gasteiger partial charge in [-0.3, -0.25) is 9.63 Å². The number of hydrogen-bond donors (Lipinski definition) is 1. The molecule has 0 unspecified atom stereocenters. The van der Waals surface area contributed by atoms with Crippen LogP contribution in [-0.4, -0.2) is 13.0 Å². The van der Waals surface area contributed by atoms with E-state index in [1.807, 2.05) is 30.3 Å². The van der Waals surface area contributed by atoms with Gasteiger partial charge in [-0.2, -0.15) is 0 Å². The first-order chi connectivity index (χ1) is 11.8. The van der Waals surface area contributed by atoms with Gasteiger partial charge in [0, 0.05) is 5.56 Å². The maximum atomic E-state index is 12.1. The van der Waals surface area contributed by atoms with E-state index in [2.05, 4.69) is 42.7 Å². The second-order valence-corrected chi connectivity index (χ2v) is 5.70. The van der Waals surface area contributed by atoms with E-state index in [0.29, 0.717) is 5.56 Å². The molecule has 2 aromatic rings. The lowest BCUT2D eigenvalue weighted by Gasteiger charge is -2.10. The average Bonchev–Trinajstić information content (AvgIpc) is 2.63. The Hall–Kier alpha value is -2.39. The van der Waals surface area contributed by atoms with Gasteiger partial charge in [-0.15, -0.1) is 0 Å². The van der Waals surface area contributed by atoms with Crippen LogP contribution in [0.3, 0.4) is 0 Å². The molecule has 2 aromatic carbocycles. The predicted molar refractivity (Wildman–Crippen MR) is 98.6 cm³/mol. The summed E-state index contributed by atoms with van der Waals surface area (Å²) in [5.74, 6) is -0.212. The lowest BCUT2D eigenvalue weighted by Crippen LogP contribution is -2.23. The molecule has 24 heavy (non-hydrogen) atoms. The topological polar surface area (TPSA) is 38.3 Å². The van der Waals surface area contributed by atoms with Crippen LogP contribution in [-0.2, 0) is 11.3 Å². The first-order valence-corrected chi connectivity index (χ1v) is 8.42. The molecule has 0 aliphatic heterocycles. The molecule has 3 nitrogen and oxygen atoms in total. The van der Waals surface area contributed by atoms with Crippen molar-refractivity contribution in [1.29, 1.82) is 0 Å². The highest BCUT2D eigenvalue weighted by Crippen LogP contribution is 2.22. The number of hydrogen-bond acceptors (Lipinski definition) is 2. The van der Waals surface area contributed by atoms with Crippen LogP contribution < -0.4 is 5.48 Å². The highest BCUT2D eigenvalue weighted by Gasteiger charge is 2.10. The van der Waals surface area contributed by atoms with Gasteiger partial charge in [0.2, 0.25) is 0 Å². The molecule has 1 amide bonds. The Morgan fingerprint density at radius 3 is 2.50 bits per heavy atom. The minimum absolute atomic E-state index is 0.212. The molecule has 2 rings (SSSR count). The highest BCUT2D eigenvalue weighted by atomic mass is 16.6. The predicted octanol–water partition coefficient (Wildman–Crippen LogP) is 4.79. The quantitative estimate of drug-likeness (QED) is 0.709. The van der Waals surface area contributed by atoms with E-state index >= 15 is 0 Å². The van der Waals surface area contributed by atoms with Gasteiger partial charge in [0.05, 0.1) is 7.11 Å². The number of hydroxylamine groups is 1. The van der Waals surface area contributed by atoms with E-state index in [-0.39, 0.29) is 5.91 Å². The molecule has 0 aliphatic carbocycles. The number of benzene rings is 2. The van der Waals surface area contributed by atoms with Crippen molar-refractivity contribution in [3.8, 4) is 0 Å². The Kier molecular flexibility index (Phi) is 7.24. The molecule has 0 aromatic heterocycles. The fourth-order valence-electron chi connectivity index (χ4n) is 2.68. The van der Waals surface area contributed by atoms with Crippen LogP contribution in [0.5, 0.6) is 0 Å². The Balaban J connectivity index is 2.24. The van der Waals surface area contributed by atoms with Gasteiger partial charge < -0.3 is 0 Å². The van der Waals surface area contributed by atoms with Crippen molar-refractivity contribution in [2.45, 2.75) is 32.6 Å². The van der Waals surface area contributed by atoms with Crippen molar-refractivity contribution in [2.24, 2.45) is 0 Å². The van der Waals surface area contributed by atoms with Crippen LogP contribution in [0.25, 0.3) is 5.57 Å². The summed E-state index contributed by atoms with van der Waals surface area (Å²) in [7, 11) is 1.44. The van der Waals surface area contributed by atoms with Gasteiger partial charge >= 0.3 is 0 Å². The first kappa shape index (κ1) is 18.0. The fourth-order valence-corrected chi connectivity index (χ4v) is 2.68. The van der Waals surface area contributed by atoms with Crippen LogP contribution in [0.4, 0.5) is 0 Å². The zero-order valence-corrected chi connectivity index (χ0v) is 14.4. The average molecular weight is 323 g/mol. The summed E-state index contributed by atoms with van der Waals surface area (Å²) < 4.78 is 0. The number of allylic oxidation sites excluding steroid dienone is 2. The van der Waals surface area contributed by atoms with E-state index in [1.54, 1.807) is 0 Å². The maximum absolute atomic E-state index is 12.1. The zero-order chi connectivity index (χ0) is 17.2. The second kappa shape index (κ2) is 9.68. The maximum Gasteiger partial charge on any atom is 0.275 e. The summed E-state index contributed by atoms with van der Waals surface area (Å²) in [6.45, 7) is 2.20. The number of rotatable bonds is 8. The zero-order valence-electron chi connectivity index (χ0n) is 14.4. The molecule has 0 aliphatic rings. The van der Waals surface area contributed by atoms with Crippen molar-refractivity contribution in [1.82, 2.24) is 5.48 Å². The summed E-state index contributed by atoms with van der Waals surface area (Å²) in [5.41, 5.74) is 6.63. The van der Waals surface area contributed by atoms with Gasteiger partial charge in [0.1, 0.15) is 0 Å². The molecule has 0 bridgehead atoms. The lowest BCUT2D eigenvalue weighted by molar-refractivity contribution is 0.0537. The van der Waals surface area contributed by atoms with Crippen LogP contribution in [0.1, 0.15) is 47.7 Å². The Labute approximate surface area is 144 Å². The van der Waals surface area contributed by atoms with Crippen molar-refractivity contribution in [3.05, 3.63) is 77.4 Å². The van der Waals surface area contributed by atoms with Crippen LogP contribution >= 0.6 is 0 Å². The Morgan fingerprint density at radius 2 is 1.79 bits per heavy atom. The van der Waals surface area contributed by atoms with E-state index in [4.69, 9.17) is 4.84 Å². The summed E-state index contributed by atoms with van der Waals surface area (Å²) in [6.07, 6.45) is 6.33. The number of carbonyl (C=O) groups excluding carboxylic acids is 1. The Morgan fingerprint density at radius 1 is 1.08 bits per heavy atom. The normalized spacial score (nSPS) is 11.3. The highest BCUT2D eigenvalue weighted by molar-refractivity contribution is 5.95. The summed E-state index contributed by atoms with van der Waals surface area (Å²) in [6, 6.07) is 18.1. The monoisotopic (exact) mass is 323 g/mol. The fraction of sp³-hybridized carbons (Fsp3) is 0.286. The molecule has 0 spiro atoms. The van der Waals surface area contributed by atoms with Crippen LogP contribution in [0.2, 0.25) is 0 Å².